The van der Waals surface area contributed by atoms with Crippen LogP contribution in [-0.2, 0) is 6.42 Å². The van der Waals surface area contributed by atoms with Crippen LogP contribution in [0.5, 0.6) is 5.75 Å². The van der Waals surface area contributed by atoms with Crippen LogP contribution in [0.2, 0.25) is 0 Å². The summed E-state index contributed by atoms with van der Waals surface area (Å²) in [7, 11) is 1.62. The Morgan fingerprint density at radius 2 is 1.67 bits per heavy atom. The maximum absolute atomic E-state index is 5.70. The third kappa shape index (κ3) is 3.85. The third-order valence-corrected chi connectivity index (χ3v) is 4.67. The highest BCUT2D eigenvalue weighted by molar-refractivity contribution is 7.98. The van der Waals surface area contributed by atoms with E-state index >= 15 is 0 Å². The van der Waals surface area contributed by atoms with Crippen LogP contribution in [0.25, 0.3) is 22.8 Å². The van der Waals surface area contributed by atoms with E-state index in [1.807, 2.05) is 54.8 Å². The van der Waals surface area contributed by atoms with Gasteiger partial charge in [0.1, 0.15) is 12.2 Å². The molecule has 0 fully saturated rings. The number of benzene rings is 2. The van der Waals surface area contributed by atoms with Crippen molar-refractivity contribution in [2.45, 2.75) is 11.3 Å². The van der Waals surface area contributed by atoms with E-state index in [1.165, 1.54) is 4.90 Å². The minimum absolute atomic E-state index is 0.277. The predicted molar refractivity (Wildman–Crippen MR) is 101 cm³/mol. The Morgan fingerprint density at radius 1 is 0.926 bits per heavy atom. The molecule has 2 aromatic carbocycles. The maximum Gasteiger partial charge on any atom is 0.247 e. The standard InChI is InChI=1S/C19H16N4O3S/c1-24-14-7-3-13(4-8-14)19-22-21-17(25-19)11-16-20-18(23-26-16)12-5-9-15(27-2)10-6-12/h3-10H,11H2,1-2H3. The molecular formula is C19H16N4O3S. The molecule has 2 heterocycles. The third-order valence-electron chi connectivity index (χ3n) is 3.92. The highest BCUT2D eigenvalue weighted by Crippen LogP contribution is 2.23. The molecule has 0 spiro atoms. The number of hydrogen-bond donors (Lipinski definition) is 0. The summed E-state index contributed by atoms with van der Waals surface area (Å²) in [6, 6.07) is 15.4. The van der Waals surface area contributed by atoms with Crippen LogP contribution in [0.15, 0.2) is 62.4 Å². The lowest BCUT2D eigenvalue weighted by atomic mass is 10.2. The van der Waals surface area contributed by atoms with Gasteiger partial charge in [0, 0.05) is 16.0 Å². The van der Waals surface area contributed by atoms with E-state index in [9.17, 15) is 0 Å². The number of methoxy groups -OCH3 is 1. The molecule has 27 heavy (non-hydrogen) atoms. The summed E-state index contributed by atoms with van der Waals surface area (Å²) in [4.78, 5) is 5.59. The van der Waals surface area contributed by atoms with Crippen LogP contribution in [-0.4, -0.2) is 33.7 Å². The van der Waals surface area contributed by atoms with Crippen LogP contribution in [0.4, 0.5) is 0 Å². The lowest BCUT2D eigenvalue weighted by molar-refractivity contribution is 0.374. The first-order valence-electron chi connectivity index (χ1n) is 8.19. The Balaban J connectivity index is 1.48. The Hall–Kier alpha value is -3.13. The maximum atomic E-state index is 5.70. The van der Waals surface area contributed by atoms with Gasteiger partial charge < -0.3 is 13.7 Å². The Morgan fingerprint density at radius 3 is 2.37 bits per heavy atom. The van der Waals surface area contributed by atoms with Crippen molar-refractivity contribution in [2.24, 2.45) is 0 Å². The van der Waals surface area contributed by atoms with E-state index in [1.54, 1.807) is 18.9 Å². The van der Waals surface area contributed by atoms with Crippen molar-refractivity contribution < 1.29 is 13.7 Å². The van der Waals surface area contributed by atoms with Crippen molar-refractivity contribution in [3.8, 4) is 28.6 Å². The molecule has 0 saturated carbocycles. The van der Waals surface area contributed by atoms with Gasteiger partial charge in [-0.1, -0.05) is 5.16 Å². The fourth-order valence-electron chi connectivity index (χ4n) is 2.49. The number of thioether (sulfide) groups is 1. The van der Waals surface area contributed by atoms with E-state index < -0.39 is 0 Å². The molecular weight excluding hydrogens is 364 g/mol. The number of hydrogen-bond acceptors (Lipinski definition) is 8. The van der Waals surface area contributed by atoms with Crippen molar-refractivity contribution >= 4 is 11.8 Å². The van der Waals surface area contributed by atoms with Gasteiger partial charge in [0.15, 0.2) is 0 Å². The van der Waals surface area contributed by atoms with Gasteiger partial charge in [-0.05, 0) is 54.8 Å². The molecule has 0 saturated heterocycles. The van der Waals surface area contributed by atoms with E-state index in [-0.39, 0.29) is 6.42 Å². The molecule has 7 nitrogen and oxygen atoms in total. The lowest BCUT2D eigenvalue weighted by Crippen LogP contribution is -1.89. The van der Waals surface area contributed by atoms with Gasteiger partial charge in [-0.3, -0.25) is 0 Å². The summed E-state index contributed by atoms with van der Waals surface area (Å²) in [5.41, 5.74) is 1.71. The molecule has 0 aliphatic rings. The predicted octanol–water partition coefficient (Wildman–Crippen LogP) is 4.11. The summed E-state index contributed by atoms with van der Waals surface area (Å²) in [5, 5.41) is 12.2. The summed E-state index contributed by atoms with van der Waals surface area (Å²) < 4.78 is 16.2. The zero-order valence-electron chi connectivity index (χ0n) is 14.7. The number of rotatable bonds is 6. The van der Waals surface area contributed by atoms with E-state index in [4.69, 9.17) is 13.7 Å². The highest BCUT2D eigenvalue weighted by atomic mass is 32.2. The van der Waals surface area contributed by atoms with Crippen molar-refractivity contribution in [2.75, 3.05) is 13.4 Å². The summed E-state index contributed by atoms with van der Waals surface area (Å²) in [5.74, 6) is 2.56. The quantitative estimate of drug-likeness (QED) is 0.462. The normalized spacial score (nSPS) is 10.9. The first kappa shape index (κ1) is 17.3. The second-order valence-corrected chi connectivity index (χ2v) is 6.53. The Labute approximate surface area is 159 Å². The van der Waals surface area contributed by atoms with Crippen molar-refractivity contribution in [1.82, 2.24) is 20.3 Å². The molecule has 0 aliphatic carbocycles. The minimum atomic E-state index is 0.277. The molecule has 0 aliphatic heterocycles. The van der Waals surface area contributed by atoms with Crippen LogP contribution < -0.4 is 4.74 Å². The fourth-order valence-corrected chi connectivity index (χ4v) is 2.90. The average Bonchev–Trinajstić information content (AvgIpc) is 3.38. The van der Waals surface area contributed by atoms with Gasteiger partial charge in [-0.25, -0.2) is 0 Å². The number of aromatic nitrogens is 4. The zero-order chi connectivity index (χ0) is 18.6. The van der Waals surface area contributed by atoms with Crippen LogP contribution in [0.1, 0.15) is 11.8 Å². The van der Waals surface area contributed by atoms with Gasteiger partial charge >= 0.3 is 0 Å². The molecule has 2 aromatic heterocycles. The van der Waals surface area contributed by atoms with Gasteiger partial charge in [0.2, 0.25) is 23.5 Å². The van der Waals surface area contributed by atoms with E-state index in [0.717, 1.165) is 16.9 Å². The topological polar surface area (TPSA) is 87.1 Å². The molecule has 0 bridgehead atoms. The number of nitrogens with zero attached hydrogens (tertiary/aromatic N) is 4. The van der Waals surface area contributed by atoms with E-state index in [0.29, 0.717) is 23.5 Å². The molecule has 4 aromatic rings. The number of ether oxygens (including phenoxy) is 1. The smallest absolute Gasteiger partial charge is 0.247 e. The van der Waals surface area contributed by atoms with Crippen molar-refractivity contribution in [3.05, 3.63) is 60.3 Å². The second-order valence-electron chi connectivity index (χ2n) is 5.65. The van der Waals surface area contributed by atoms with Crippen molar-refractivity contribution in [1.29, 1.82) is 0 Å². The van der Waals surface area contributed by atoms with Gasteiger partial charge in [-0.15, -0.1) is 22.0 Å². The monoisotopic (exact) mass is 380 g/mol. The largest absolute Gasteiger partial charge is 0.497 e. The molecule has 0 amide bonds. The highest BCUT2D eigenvalue weighted by Gasteiger charge is 2.14. The Bertz CT molecular complexity index is 942. The van der Waals surface area contributed by atoms with Gasteiger partial charge in [0.05, 0.1) is 7.11 Å². The zero-order valence-corrected chi connectivity index (χ0v) is 15.6. The molecule has 0 radical (unpaired) electrons. The van der Waals surface area contributed by atoms with E-state index in [2.05, 4.69) is 20.3 Å². The summed E-state index contributed by atoms with van der Waals surface area (Å²) in [6.45, 7) is 0. The summed E-state index contributed by atoms with van der Waals surface area (Å²) >= 11 is 1.68. The first-order valence-corrected chi connectivity index (χ1v) is 9.41. The van der Waals surface area contributed by atoms with Crippen LogP contribution in [0, 0.1) is 0 Å². The first-order chi connectivity index (χ1) is 13.2. The van der Waals surface area contributed by atoms with Crippen molar-refractivity contribution in [3.63, 3.8) is 0 Å². The molecule has 4 rings (SSSR count). The average molecular weight is 380 g/mol. The molecule has 136 valence electrons. The minimum Gasteiger partial charge on any atom is -0.497 e. The second kappa shape index (κ2) is 7.63. The van der Waals surface area contributed by atoms with Gasteiger partial charge in [0.25, 0.3) is 0 Å². The van der Waals surface area contributed by atoms with Gasteiger partial charge in [-0.2, -0.15) is 4.98 Å². The lowest BCUT2D eigenvalue weighted by Gasteiger charge is -1.99. The fraction of sp³-hybridized carbons (Fsp3) is 0.158. The summed E-state index contributed by atoms with van der Waals surface area (Å²) in [6.07, 6.45) is 2.31. The molecule has 0 unspecified atom stereocenters. The van der Waals surface area contributed by atoms with Crippen LogP contribution in [0.3, 0.4) is 0 Å². The molecule has 8 heteroatoms. The molecule has 0 atom stereocenters. The SMILES string of the molecule is COc1ccc(-c2nnc(Cc3nc(-c4ccc(SC)cc4)no3)o2)cc1. The Kier molecular flexibility index (Phi) is 4.88. The molecule has 0 N–H and O–H groups in total. The van der Waals surface area contributed by atoms with Crippen LogP contribution >= 0.6 is 11.8 Å².